The Morgan fingerprint density at radius 2 is 1.55 bits per heavy atom. The van der Waals surface area contributed by atoms with E-state index in [4.69, 9.17) is 5.11 Å². The Hall–Kier alpha value is -2.00. The molecule has 20 heavy (non-hydrogen) atoms. The summed E-state index contributed by atoms with van der Waals surface area (Å²) in [7, 11) is 0. The van der Waals surface area contributed by atoms with Crippen molar-refractivity contribution in [3.05, 3.63) is 24.3 Å². The quantitative estimate of drug-likeness (QED) is 0.354. The SMILES string of the molecule is C=C(C=CC(=O)O)C(=O)OC(F)(F)C(F)(F)C(C)(F)F. The molecule has 0 aromatic heterocycles. The van der Waals surface area contributed by atoms with Gasteiger partial charge in [0.1, 0.15) is 0 Å². The summed E-state index contributed by atoms with van der Waals surface area (Å²) in [6, 6.07) is 0. The number of carboxylic acids is 1. The average Bonchev–Trinajstić information content (AvgIpc) is 2.23. The summed E-state index contributed by atoms with van der Waals surface area (Å²) in [5.41, 5.74) is -1.04. The molecule has 0 amide bonds. The average molecular weight is 306 g/mol. The Morgan fingerprint density at radius 3 is 1.90 bits per heavy atom. The van der Waals surface area contributed by atoms with Gasteiger partial charge >= 0.3 is 29.9 Å². The van der Waals surface area contributed by atoms with Crippen LogP contribution in [0.25, 0.3) is 0 Å². The van der Waals surface area contributed by atoms with Gasteiger partial charge in [-0.3, -0.25) is 0 Å². The van der Waals surface area contributed by atoms with Crippen molar-refractivity contribution in [2.45, 2.75) is 24.9 Å². The van der Waals surface area contributed by atoms with Crippen LogP contribution in [0.3, 0.4) is 0 Å². The normalized spacial score (nSPS) is 13.3. The Labute approximate surface area is 108 Å². The molecule has 0 aromatic rings. The van der Waals surface area contributed by atoms with E-state index in [1.54, 1.807) is 0 Å². The maximum atomic E-state index is 12.9. The summed E-state index contributed by atoms with van der Waals surface area (Å²) >= 11 is 0. The van der Waals surface area contributed by atoms with Crippen LogP contribution in [-0.2, 0) is 14.3 Å². The van der Waals surface area contributed by atoms with E-state index in [0.717, 1.165) is 0 Å². The zero-order chi connectivity index (χ0) is 16.4. The minimum atomic E-state index is -5.95. The number of ether oxygens (including phenoxy) is 1. The molecule has 0 unspecified atom stereocenters. The summed E-state index contributed by atoms with van der Waals surface area (Å²) in [6.45, 7) is 2.29. The first-order valence-electron chi connectivity index (χ1n) is 4.69. The van der Waals surface area contributed by atoms with Crippen LogP contribution < -0.4 is 0 Å². The number of alkyl halides is 6. The summed E-state index contributed by atoms with van der Waals surface area (Å²) in [5.74, 6) is -14.9. The van der Waals surface area contributed by atoms with Gasteiger partial charge in [0.05, 0.1) is 5.57 Å². The number of halogens is 6. The van der Waals surface area contributed by atoms with Gasteiger partial charge in [-0.1, -0.05) is 6.58 Å². The van der Waals surface area contributed by atoms with Gasteiger partial charge in [0.2, 0.25) is 0 Å². The van der Waals surface area contributed by atoms with E-state index >= 15 is 0 Å². The minimum absolute atomic E-state index is 0.286. The van der Waals surface area contributed by atoms with Crippen molar-refractivity contribution >= 4 is 11.9 Å². The first-order chi connectivity index (χ1) is 8.72. The van der Waals surface area contributed by atoms with Gasteiger partial charge in [0.25, 0.3) is 0 Å². The number of carbonyl (C=O) groups excluding carboxylic acids is 1. The van der Waals surface area contributed by atoms with Crippen LogP contribution in [-0.4, -0.2) is 35.0 Å². The molecule has 0 aliphatic rings. The Kier molecular flexibility index (Phi) is 5.00. The molecule has 0 bridgehead atoms. The Bertz CT molecular complexity index is 449. The third kappa shape index (κ3) is 4.00. The van der Waals surface area contributed by atoms with Crippen LogP contribution in [0.2, 0.25) is 0 Å². The van der Waals surface area contributed by atoms with Crippen LogP contribution in [0.15, 0.2) is 24.3 Å². The van der Waals surface area contributed by atoms with Gasteiger partial charge < -0.3 is 9.84 Å². The Morgan fingerprint density at radius 1 is 1.10 bits per heavy atom. The van der Waals surface area contributed by atoms with Crippen molar-refractivity contribution in [1.29, 1.82) is 0 Å². The monoisotopic (exact) mass is 306 g/mol. The molecule has 0 rings (SSSR count). The first kappa shape index (κ1) is 18.0. The first-order valence-corrected chi connectivity index (χ1v) is 4.69. The van der Waals surface area contributed by atoms with Crippen molar-refractivity contribution in [2.75, 3.05) is 0 Å². The van der Waals surface area contributed by atoms with Crippen LogP contribution in [0.1, 0.15) is 6.92 Å². The fourth-order valence-corrected chi connectivity index (χ4v) is 0.742. The molecular weight excluding hydrogens is 298 g/mol. The molecule has 0 aliphatic heterocycles. The van der Waals surface area contributed by atoms with Gasteiger partial charge in [0, 0.05) is 13.0 Å². The third-order valence-electron chi connectivity index (χ3n) is 1.83. The van der Waals surface area contributed by atoms with Gasteiger partial charge in [-0.15, -0.1) is 0 Å². The van der Waals surface area contributed by atoms with Crippen molar-refractivity contribution in [1.82, 2.24) is 0 Å². The molecular formula is C10H8F6O4. The van der Waals surface area contributed by atoms with Crippen LogP contribution in [0.5, 0.6) is 0 Å². The molecule has 0 atom stereocenters. The molecule has 10 heteroatoms. The van der Waals surface area contributed by atoms with Crippen molar-refractivity contribution in [3.63, 3.8) is 0 Å². The zero-order valence-electron chi connectivity index (χ0n) is 9.80. The molecule has 0 saturated carbocycles. The highest BCUT2D eigenvalue weighted by Gasteiger charge is 2.72. The second-order valence-electron chi connectivity index (χ2n) is 3.57. The van der Waals surface area contributed by atoms with E-state index in [1.165, 1.54) is 0 Å². The van der Waals surface area contributed by atoms with Crippen molar-refractivity contribution < 1.29 is 45.8 Å². The van der Waals surface area contributed by atoms with Crippen LogP contribution in [0.4, 0.5) is 26.3 Å². The van der Waals surface area contributed by atoms with Crippen molar-refractivity contribution in [2.24, 2.45) is 0 Å². The number of carbonyl (C=O) groups is 2. The number of hydrogen-bond acceptors (Lipinski definition) is 3. The second kappa shape index (κ2) is 5.55. The Balaban J connectivity index is 5.07. The summed E-state index contributed by atoms with van der Waals surface area (Å²) < 4.78 is 78.9. The van der Waals surface area contributed by atoms with E-state index in [2.05, 4.69) is 11.3 Å². The lowest BCUT2D eigenvalue weighted by Gasteiger charge is -2.29. The largest absolute Gasteiger partial charge is 0.478 e. The number of aliphatic carboxylic acids is 1. The summed E-state index contributed by atoms with van der Waals surface area (Å²) in [4.78, 5) is 21.0. The lowest BCUT2D eigenvalue weighted by Crippen LogP contribution is -2.54. The standard InChI is InChI=1S/C10H8F6O4/c1-5(3-4-6(17)18)7(19)20-10(15,16)9(13,14)8(2,11)12/h3-4H,1H2,2H3,(H,17,18). The highest BCUT2D eigenvalue weighted by atomic mass is 19.3. The minimum Gasteiger partial charge on any atom is -0.478 e. The van der Waals surface area contributed by atoms with Crippen LogP contribution >= 0.6 is 0 Å². The molecule has 0 radical (unpaired) electrons. The molecule has 0 heterocycles. The lowest BCUT2D eigenvalue weighted by molar-refractivity contribution is -0.380. The molecule has 0 spiro atoms. The number of carboxylic acid groups (broad SMARTS) is 1. The molecule has 0 aliphatic carbocycles. The zero-order valence-corrected chi connectivity index (χ0v) is 9.80. The number of rotatable bonds is 6. The third-order valence-corrected chi connectivity index (χ3v) is 1.83. The van der Waals surface area contributed by atoms with Crippen molar-refractivity contribution in [3.8, 4) is 0 Å². The molecule has 114 valence electrons. The topological polar surface area (TPSA) is 63.6 Å². The smallest absolute Gasteiger partial charge is 0.473 e. The molecule has 4 nitrogen and oxygen atoms in total. The van der Waals surface area contributed by atoms with Crippen LogP contribution in [0, 0.1) is 0 Å². The molecule has 0 aromatic carbocycles. The van der Waals surface area contributed by atoms with E-state index in [-0.39, 0.29) is 6.08 Å². The van der Waals surface area contributed by atoms with E-state index in [0.29, 0.717) is 6.08 Å². The lowest BCUT2D eigenvalue weighted by atomic mass is 10.2. The molecule has 0 saturated heterocycles. The fourth-order valence-electron chi connectivity index (χ4n) is 0.742. The van der Waals surface area contributed by atoms with Gasteiger partial charge in [0.15, 0.2) is 0 Å². The predicted molar refractivity (Wildman–Crippen MR) is 52.5 cm³/mol. The summed E-state index contributed by atoms with van der Waals surface area (Å²) in [5, 5.41) is 8.17. The predicted octanol–water partition coefficient (Wildman–Crippen LogP) is 2.61. The highest BCUT2D eigenvalue weighted by molar-refractivity contribution is 5.93. The van der Waals surface area contributed by atoms with E-state index in [1.807, 2.05) is 0 Å². The molecule has 0 fully saturated rings. The van der Waals surface area contributed by atoms with Gasteiger partial charge in [-0.2, -0.15) is 26.3 Å². The number of esters is 1. The maximum absolute atomic E-state index is 12.9. The maximum Gasteiger partial charge on any atom is 0.473 e. The van der Waals surface area contributed by atoms with E-state index < -0.39 is 42.4 Å². The van der Waals surface area contributed by atoms with Gasteiger partial charge in [-0.25, -0.2) is 9.59 Å². The summed E-state index contributed by atoms with van der Waals surface area (Å²) in [6.07, 6.45) is -5.14. The van der Waals surface area contributed by atoms with Gasteiger partial charge in [-0.05, 0) is 6.08 Å². The highest BCUT2D eigenvalue weighted by Crippen LogP contribution is 2.46. The number of hydrogen-bond donors (Lipinski definition) is 1. The van der Waals surface area contributed by atoms with E-state index in [9.17, 15) is 35.9 Å². The second-order valence-corrected chi connectivity index (χ2v) is 3.57. The molecule has 1 N–H and O–H groups in total. The fraction of sp³-hybridized carbons (Fsp3) is 0.400.